The quantitative estimate of drug-likeness (QED) is 0.589. The molecule has 0 radical (unpaired) electrons. The highest BCUT2D eigenvalue weighted by molar-refractivity contribution is 5.23. The Morgan fingerprint density at radius 2 is 2.25 bits per heavy atom. The molecule has 0 aromatic carbocycles. The van der Waals surface area contributed by atoms with Crippen molar-refractivity contribution < 1.29 is 0 Å². The molecule has 68 valence electrons. The van der Waals surface area contributed by atoms with Crippen molar-refractivity contribution in [2.24, 2.45) is 0 Å². The lowest BCUT2D eigenvalue weighted by atomic mass is 9.93. The molecule has 0 saturated carbocycles. The Morgan fingerprint density at radius 3 is 3.00 bits per heavy atom. The smallest absolute Gasteiger partial charge is 0.0285 e. The minimum absolute atomic E-state index is 0.753. The summed E-state index contributed by atoms with van der Waals surface area (Å²) in [6, 6.07) is 1.60. The van der Waals surface area contributed by atoms with Crippen LogP contribution in [0, 0.1) is 0 Å². The fraction of sp³-hybridized carbons (Fsp3) is 0.818. The third kappa shape index (κ3) is 1.31. The third-order valence-corrected chi connectivity index (χ3v) is 3.50. The summed E-state index contributed by atoms with van der Waals surface area (Å²) >= 11 is 0. The van der Waals surface area contributed by atoms with Gasteiger partial charge in [-0.15, -0.1) is 0 Å². The van der Waals surface area contributed by atoms with Crippen molar-refractivity contribution in [3.8, 4) is 0 Å². The average Bonchev–Trinajstić information content (AvgIpc) is 2.47. The monoisotopic (exact) mass is 165 g/mol. The van der Waals surface area contributed by atoms with E-state index in [1.165, 1.54) is 32.1 Å². The summed E-state index contributed by atoms with van der Waals surface area (Å²) < 4.78 is 0. The highest BCUT2D eigenvalue weighted by atomic mass is 15.0. The molecule has 0 aromatic heterocycles. The van der Waals surface area contributed by atoms with Crippen molar-refractivity contribution in [2.45, 2.75) is 58.0 Å². The van der Waals surface area contributed by atoms with E-state index in [4.69, 9.17) is 0 Å². The zero-order chi connectivity index (χ0) is 8.55. The van der Waals surface area contributed by atoms with Crippen LogP contribution in [0.2, 0.25) is 0 Å². The molecule has 2 bridgehead atoms. The van der Waals surface area contributed by atoms with E-state index >= 15 is 0 Å². The lowest BCUT2D eigenvalue weighted by molar-refractivity contribution is 0.475. The van der Waals surface area contributed by atoms with Crippen LogP contribution in [0.1, 0.15) is 46.0 Å². The van der Waals surface area contributed by atoms with E-state index in [-0.39, 0.29) is 0 Å². The molecule has 2 unspecified atom stereocenters. The minimum Gasteiger partial charge on any atom is -0.307 e. The molecule has 1 N–H and O–H groups in total. The first-order valence-electron chi connectivity index (χ1n) is 5.25. The van der Waals surface area contributed by atoms with Gasteiger partial charge in [0.25, 0.3) is 0 Å². The molecule has 2 atom stereocenters. The van der Waals surface area contributed by atoms with E-state index in [1.807, 2.05) is 0 Å². The molecule has 2 rings (SSSR count). The number of allylic oxidation sites excluding steroid dienone is 1. The fourth-order valence-corrected chi connectivity index (χ4v) is 2.56. The Hall–Kier alpha value is -0.300. The molecule has 2 saturated heterocycles. The zero-order valence-corrected chi connectivity index (χ0v) is 8.19. The maximum Gasteiger partial charge on any atom is 0.0285 e. The number of hydrogen-bond acceptors (Lipinski definition) is 1. The van der Waals surface area contributed by atoms with E-state index in [0.717, 1.165) is 12.1 Å². The SMILES string of the molecule is CCC(C)=C1CCC2CCC1N2. The first-order valence-corrected chi connectivity index (χ1v) is 5.25. The van der Waals surface area contributed by atoms with Crippen LogP contribution in [0.25, 0.3) is 0 Å². The van der Waals surface area contributed by atoms with Gasteiger partial charge in [-0.05, 0) is 39.0 Å². The van der Waals surface area contributed by atoms with Gasteiger partial charge in [0.05, 0.1) is 0 Å². The van der Waals surface area contributed by atoms with Crippen LogP contribution in [0.5, 0.6) is 0 Å². The third-order valence-electron chi connectivity index (χ3n) is 3.50. The summed E-state index contributed by atoms with van der Waals surface area (Å²) in [6.07, 6.45) is 6.77. The van der Waals surface area contributed by atoms with Gasteiger partial charge in [0.1, 0.15) is 0 Å². The van der Waals surface area contributed by atoms with Crippen LogP contribution in [0.15, 0.2) is 11.1 Å². The van der Waals surface area contributed by atoms with E-state index in [1.54, 1.807) is 11.1 Å². The van der Waals surface area contributed by atoms with E-state index < -0.39 is 0 Å². The van der Waals surface area contributed by atoms with Crippen molar-refractivity contribution in [1.29, 1.82) is 0 Å². The number of piperidine rings is 1. The Balaban J connectivity index is 2.17. The van der Waals surface area contributed by atoms with Crippen molar-refractivity contribution >= 4 is 0 Å². The van der Waals surface area contributed by atoms with E-state index in [2.05, 4.69) is 19.2 Å². The second-order valence-corrected chi connectivity index (χ2v) is 4.19. The molecule has 0 spiro atoms. The van der Waals surface area contributed by atoms with E-state index in [0.29, 0.717) is 0 Å². The molecule has 2 aliphatic heterocycles. The molecule has 0 amide bonds. The number of rotatable bonds is 1. The lowest BCUT2D eigenvalue weighted by Gasteiger charge is -2.26. The normalized spacial score (nSPS) is 38.5. The van der Waals surface area contributed by atoms with E-state index in [9.17, 15) is 0 Å². The maximum atomic E-state index is 3.70. The van der Waals surface area contributed by atoms with Gasteiger partial charge in [0.15, 0.2) is 0 Å². The summed E-state index contributed by atoms with van der Waals surface area (Å²) in [5.41, 5.74) is 3.36. The number of hydrogen-bond donors (Lipinski definition) is 1. The topological polar surface area (TPSA) is 12.0 Å². The predicted molar refractivity (Wildman–Crippen MR) is 52.2 cm³/mol. The number of nitrogens with one attached hydrogen (secondary N) is 1. The highest BCUT2D eigenvalue weighted by Gasteiger charge is 2.31. The average molecular weight is 165 g/mol. The standard InChI is InChI=1S/C11H19N/c1-3-8(2)10-6-4-9-5-7-11(10)12-9/h9,11-12H,3-7H2,1-2H3. The summed E-state index contributed by atoms with van der Waals surface area (Å²) in [4.78, 5) is 0. The highest BCUT2D eigenvalue weighted by Crippen LogP contribution is 2.33. The maximum absolute atomic E-state index is 3.70. The second kappa shape index (κ2) is 3.21. The Bertz CT molecular complexity index is 205. The van der Waals surface area contributed by atoms with Gasteiger partial charge >= 0.3 is 0 Å². The molecule has 12 heavy (non-hydrogen) atoms. The van der Waals surface area contributed by atoms with Gasteiger partial charge in [0, 0.05) is 12.1 Å². The molecule has 1 heteroatoms. The van der Waals surface area contributed by atoms with Crippen molar-refractivity contribution in [3.05, 3.63) is 11.1 Å². The molecular formula is C11H19N. The van der Waals surface area contributed by atoms with Crippen molar-refractivity contribution in [3.63, 3.8) is 0 Å². The second-order valence-electron chi connectivity index (χ2n) is 4.19. The van der Waals surface area contributed by atoms with Crippen LogP contribution in [-0.2, 0) is 0 Å². The number of fused-ring (bicyclic) bond motifs is 2. The van der Waals surface area contributed by atoms with Gasteiger partial charge in [-0.1, -0.05) is 18.1 Å². The van der Waals surface area contributed by atoms with Crippen LogP contribution in [-0.4, -0.2) is 12.1 Å². The van der Waals surface area contributed by atoms with Gasteiger partial charge in [-0.2, -0.15) is 0 Å². The Kier molecular flexibility index (Phi) is 2.22. The molecule has 0 aromatic rings. The largest absolute Gasteiger partial charge is 0.307 e. The molecule has 0 aliphatic carbocycles. The first kappa shape index (κ1) is 8.31. The fourth-order valence-electron chi connectivity index (χ4n) is 2.56. The Labute approximate surface area is 75.2 Å². The summed E-state index contributed by atoms with van der Waals surface area (Å²) in [5, 5.41) is 3.70. The molecule has 2 fully saturated rings. The minimum atomic E-state index is 0.753. The van der Waals surface area contributed by atoms with Crippen molar-refractivity contribution in [2.75, 3.05) is 0 Å². The lowest BCUT2D eigenvalue weighted by Crippen LogP contribution is -2.35. The molecule has 1 nitrogen and oxygen atoms in total. The molecule has 2 aliphatic rings. The Morgan fingerprint density at radius 1 is 1.42 bits per heavy atom. The molecule has 2 heterocycles. The molecular weight excluding hydrogens is 146 g/mol. The summed E-state index contributed by atoms with van der Waals surface area (Å²) in [7, 11) is 0. The van der Waals surface area contributed by atoms with Gasteiger partial charge in [-0.3, -0.25) is 0 Å². The summed E-state index contributed by atoms with van der Waals surface area (Å²) in [6.45, 7) is 4.57. The zero-order valence-electron chi connectivity index (χ0n) is 8.19. The van der Waals surface area contributed by atoms with Crippen LogP contribution < -0.4 is 5.32 Å². The van der Waals surface area contributed by atoms with Gasteiger partial charge in [0.2, 0.25) is 0 Å². The van der Waals surface area contributed by atoms with Crippen molar-refractivity contribution in [1.82, 2.24) is 5.32 Å². The van der Waals surface area contributed by atoms with Crippen LogP contribution in [0.4, 0.5) is 0 Å². The van der Waals surface area contributed by atoms with Gasteiger partial charge in [-0.25, -0.2) is 0 Å². The van der Waals surface area contributed by atoms with Gasteiger partial charge < -0.3 is 5.32 Å². The summed E-state index contributed by atoms with van der Waals surface area (Å²) in [5.74, 6) is 0. The first-order chi connectivity index (χ1) is 5.81. The predicted octanol–water partition coefficient (Wildman–Crippen LogP) is 2.63. The van der Waals surface area contributed by atoms with Crippen LogP contribution in [0.3, 0.4) is 0 Å². The van der Waals surface area contributed by atoms with Crippen LogP contribution >= 0.6 is 0 Å².